The maximum atomic E-state index is 12.3. The zero-order valence-corrected chi connectivity index (χ0v) is 10.7. The molecule has 0 atom stereocenters. The van der Waals surface area contributed by atoms with Crippen LogP contribution in [0.3, 0.4) is 0 Å². The molecule has 1 rings (SSSR count). The summed E-state index contributed by atoms with van der Waals surface area (Å²) in [6.45, 7) is 0.847. The number of aliphatic hydroxyl groups is 1. The largest absolute Gasteiger partial charge is 0.395 e. The van der Waals surface area contributed by atoms with Gasteiger partial charge in [-0.15, -0.1) is 0 Å². The smallest absolute Gasteiger partial charge is 0.255 e. The van der Waals surface area contributed by atoms with Crippen LogP contribution in [0.15, 0.2) is 30.3 Å². The minimum atomic E-state index is -2.61. The lowest BCUT2D eigenvalue weighted by molar-refractivity contribution is -0.128. The minimum Gasteiger partial charge on any atom is -0.395 e. The van der Waals surface area contributed by atoms with Crippen LogP contribution in [0.25, 0.3) is 6.08 Å². The summed E-state index contributed by atoms with van der Waals surface area (Å²) in [5, 5.41) is 8.75. The van der Waals surface area contributed by atoms with E-state index in [1.807, 2.05) is 31.2 Å². The van der Waals surface area contributed by atoms with Crippen LogP contribution < -0.4 is 0 Å². The Bertz CT molecular complexity index is 430. The quantitative estimate of drug-likeness (QED) is 0.803. The number of aryl methyl sites for hydroxylation is 1. The number of nitrogens with zero attached hydrogens (tertiary/aromatic N) is 1. The van der Waals surface area contributed by atoms with Gasteiger partial charge < -0.3 is 10.0 Å². The van der Waals surface area contributed by atoms with Gasteiger partial charge in [-0.05, 0) is 18.6 Å². The molecule has 0 unspecified atom stereocenters. The first-order valence-electron chi connectivity index (χ1n) is 5.95. The van der Waals surface area contributed by atoms with Crippen LogP contribution in [-0.4, -0.2) is 42.0 Å². The normalized spacial score (nSPS) is 11.2. The van der Waals surface area contributed by atoms with Gasteiger partial charge in [0.2, 0.25) is 5.91 Å². The van der Waals surface area contributed by atoms with E-state index in [4.69, 9.17) is 5.11 Å². The van der Waals surface area contributed by atoms with Gasteiger partial charge in [0.05, 0.1) is 13.2 Å². The van der Waals surface area contributed by atoms with E-state index >= 15 is 0 Å². The topological polar surface area (TPSA) is 40.5 Å². The van der Waals surface area contributed by atoms with Gasteiger partial charge in [-0.1, -0.05) is 29.8 Å². The first-order valence-corrected chi connectivity index (χ1v) is 5.95. The molecule has 0 bridgehead atoms. The van der Waals surface area contributed by atoms with Gasteiger partial charge in [0.15, 0.2) is 0 Å². The van der Waals surface area contributed by atoms with E-state index < -0.39 is 18.9 Å². The van der Waals surface area contributed by atoms with Crippen molar-refractivity contribution in [2.24, 2.45) is 0 Å². The molecule has 0 aliphatic rings. The van der Waals surface area contributed by atoms with Gasteiger partial charge in [0.25, 0.3) is 6.43 Å². The molecular weight excluding hydrogens is 252 g/mol. The molecule has 1 aromatic rings. The standard InChI is InChI=1S/C14H17F2NO2/c1-11-2-4-12(5-3-11)6-7-14(19)17(8-9-18)10-13(15)16/h2-7,13,18H,8-10H2,1H3/b7-6+. The van der Waals surface area contributed by atoms with E-state index in [1.165, 1.54) is 6.08 Å². The van der Waals surface area contributed by atoms with Crippen molar-refractivity contribution in [3.63, 3.8) is 0 Å². The second kappa shape index (κ2) is 7.63. The third kappa shape index (κ3) is 5.61. The fourth-order valence-electron chi connectivity index (χ4n) is 1.53. The molecule has 1 N–H and O–H groups in total. The highest BCUT2D eigenvalue weighted by Gasteiger charge is 2.15. The average molecular weight is 269 g/mol. The molecule has 1 amide bonds. The molecule has 19 heavy (non-hydrogen) atoms. The molecule has 0 aliphatic carbocycles. The number of amides is 1. The molecule has 0 aromatic heterocycles. The Morgan fingerprint density at radius 2 is 2.00 bits per heavy atom. The molecule has 0 aliphatic heterocycles. The van der Waals surface area contributed by atoms with Crippen LogP contribution in [0.2, 0.25) is 0 Å². The molecular formula is C14H17F2NO2. The highest BCUT2D eigenvalue weighted by Crippen LogP contribution is 2.06. The van der Waals surface area contributed by atoms with E-state index in [1.54, 1.807) is 6.08 Å². The number of aliphatic hydroxyl groups excluding tert-OH is 1. The summed E-state index contributed by atoms with van der Waals surface area (Å²) >= 11 is 0. The first-order chi connectivity index (χ1) is 9.02. The van der Waals surface area contributed by atoms with E-state index in [9.17, 15) is 13.6 Å². The van der Waals surface area contributed by atoms with Crippen LogP contribution in [-0.2, 0) is 4.79 Å². The molecule has 0 radical (unpaired) electrons. The zero-order valence-electron chi connectivity index (χ0n) is 10.7. The van der Waals surface area contributed by atoms with Crippen molar-refractivity contribution in [1.29, 1.82) is 0 Å². The molecule has 5 heteroatoms. The van der Waals surface area contributed by atoms with Crippen LogP contribution in [0.4, 0.5) is 8.78 Å². The van der Waals surface area contributed by atoms with E-state index in [2.05, 4.69) is 0 Å². The summed E-state index contributed by atoms with van der Waals surface area (Å²) < 4.78 is 24.6. The third-order valence-corrected chi connectivity index (χ3v) is 2.54. The first kappa shape index (κ1) is 15.3. The molecule has 0 spiro atoms. The predicted octanol–water partition coefficient (Wildman–Crippen LogP) is 2.09. The Morgan fingerprint density at radius 1 is 1.37 bits per heavy atom. The average Bonchev–Trinajstić information content (AvgIpc) is 2.37. The lowest BCUT2D eigenvalue weighted by atomic mass is 10.1. The minimum absolute atomic E-state index is 0.0958. The number of alkyl halides is 2. The van der Waals surface area contributed by atoms with E-state index in [-0.39, 0.29) is 13.2 Å². The van der Waals surface area contributed by atoms with Crippen molar-refractivity contribution >= 4 is 12.0 Å². The molecule has 0 saturated carbocycles. The summed E-state index contributed by atoms with van der Waals surface area (Å²) in [5.74, 6) is -0.532. The van der Waals surface area contributed by atoms with Crippen molar-refractivity contribution in [3.8, 4) is 0 Å². The van der Waals surface area contributed by atoms with Crippen molar-refractivity contribution in [2.75, 3.05) is 19.7 Å². The van der Waals surface area contributed by atoms with Crippen molar-refractivity contribution in [2.45, 2.75) is 13.3 Å². The predicted molar refractivity (Wildman–Crippen MR) is 69.9 cm³/mol. The van der Waals surface area contributed by atoms with E-state index in [0.717, 1.165) is 16.0 Å². The number of hydrogen-bond acceptors (Lipinski definition) is 2. The fourth-order valence-corrected chi connectivity index (χ4v) is 1.53. The van der Waals surface area contributed by atoms with Gasteiger partial charge in [0.1, 0.15) is 0 Å². The Kier molecular flexibility index (Phi) is 6.15. The summed E-state index contributed by atoms with van der Waals surface area (Å²) in [6.07, 6.45) is 0.198. The Hall–Kier alpha value is -1.75. The molecule has 3 nitrogen and oxygen atoms in total. The van der Waals surface area contributed by atoms with Gasteiger partial charge in [-0.2, -0.15) is 0 Å². The lowest BCUT2D eigenvalue weighted by Crippen LogP contribution is -2.36. The van der Waals surface area contributed by atoms with Crippen LogP contribution in [0.5, 0.6) is 0 Å². The SMILES string of the molecule is Cc1ccc(/C=C/C(=O)N(CCO)CC(F)F)cc1. The van der Waals surface area contributed by atoms with Gasteiger partial charge in [-0.25, -0.2) is 8.78 Å². The molecule has 0 saturated heterocycles. The van der Waals surface area contributed by atoms with Crippen LogP contribution in [0.1, 0.15) is 11.1 Å². The van der Waals surface area contributed by atoms with E-state index in [0.29, 0.717) is 0 Å². The molecule has 104 valence electrons. The number of carbonyl (C=O) groups excluding carboxylic acids is 1. The van der Waals surface area contributed by atoms with Crippen molar-refractivity contribution < 1.29 is 18.7 Å². The number of carbonyl (C=O) groups is 1. The molecule has 0 heterocycles. The van der Waals surface area contributed by atoms with Crippen molar-refractivity contribution in [3.05, 3.63) is 41.5 Å². The highest BCUT2D eigenvalue weighted by molar-refractivity contribution is 5.91. The zero-order chi connectivity index (χ0) is 14.3. The summed E-state index contributed by atoms with van der Waals surface area (Å²) in [7, 11) is 0. The van der Waals surface area contributed by atoms with Crippen molar-refractivity contribution in [1.82, 2.24) is 4.90 Å². The number of rotatable bonds is 6. The second-order valence-corrected chi connectivity index (χ2v) is 4.14. The molecule has 0 fully saturated rings. The highest BCUT2D eigenvalue weighted by atomic mass is 19.3. The number of hydrogen-bond donors (Lipinski definition) is 1. The monoisotopic (exact) mass is 269 g/mol. The van der Waals surface area contributed by atoms with Gasteiger partial charge in [0, 0.05) is 12.6 Å². The maximum Gasteiger partial charge on any atom is 0.255 e. The maximum absolute atomic E-state index is 12.3. The summed E-state index contributed by atoms with van der Waals surface area (Å²) in [6, 6.07) is 7.47. The number of benzene rings is 1. The second-order valence-electron chi connectivity index (χ2n) is 4.14. The molecule has 1 aromatic carbocycles. The summed E-state index contributed by atoms with van der Waals surface area (Å²) in [4.78, 5) is 12.6. The lowest BCUT2D eigenvalue weighted by Gasteiger charge is -2.19. The Labute approximate surface area is 111 Å². The Balaban J connectivity index is 2.67. The Morgan fingerprint density at radius 3 is 2.53 bits per heavy atom. The number of halogens is 2. The van der Waals surface area contributed by atoms with Gasteiger partial charge in [-0.3, -0.25) is 4.79 Å². The van der Waals surface area contributed by atoms with Crippen LogP contribution in [0, 0.1) is 6.92 Å². The third-order valence-electron chi connectivity index (χ3n) is 2.54. The van der Waals surface area contributed by atoms with Gasteiger partial charge >= 0.3 is 0 Å². The fraction of sp³-hybridized carbons (Fsp3) is 0.357. The van der Waals surface area contributed by atoms with Crippen LogP contribution >= 0.6 is 0 Å². The summed E-state index contributed by atoms with van der Waals surface area (Å²) in [5.41, 5.74) is 1.92.